The summed E-state index contributed by atoms with van der Waals surface area (Å²) in [6.45, 7) is 4.09. The van der Waals surface area contributed by atoms with Crippen LogP contribution in [0.4, 0.5) is 5.95 Å². The Morgan fingerprint density at radius 1 is 1.43 bits per heavy atom. The van der Waals surface area contributed by atoms with Gasteiger partial charge in [-0.1, -0.05) is 0 Å². The van der Waals surface area contributed by atoms with Crippen molar-refractivity contribution in [2.75, 3.05) is 18.0 Å². The minimum Gasteiger partial charge on any atom is -0.342 e. The highest BCUT2D eigenvalue weighted by Gasteiger charge is 2.19. The lowest BCUT2D eigenvalue weighted by Gasteiger charge is -2.30. The number of hydrogen-bond donors (Lipinski definition) is 1. The van der Waals surface area contributed by atoms with Gasteiger partial charge in [-0.2, -0.15) is 0 Å². The molecule has 0 amide bonds. The van der Waals surface area contributed by atoms with Crippen molar-refractivity contribution < 1.29 is 0 Å². The molecule has 0 aromatic carbocycles. The number of hydrogen-bond acceptors (Lipinski definition) is 3. The standard InChI is InChI=1S/C10H18N4/c1-8-7-13(2)10(12-8)14-5-3-9(11)4-6-14/h7,9H,3-6,11H2,1-2H3. The van der Waals surface area contributed by atoms with E-state index in [4.69, 9.17) is 5.73 Å². The Morgan fingerprint density at radius 3 is 2.57 bits per heavy atom. The lowest BCUT2D eigenvalue weighted by molar-refractivity contribution is 0.492. The van der Waals surface area contributed by atoms with Crippen molar-refractivity contribution in [2.45, 2.75) is 25.8 Å². The molecule has 78 valence electrons. The third-order valence-electron chi connectivity index (χ3n) is 2.79. The van der Waals surface area contributed by atoms with Gasteiger partial charge >= 0.3 is 0 Å². The fourth-order valence-electron chi connectivity index (χ4n) is 2.00. The summed E-state index contributed by atoms with van der Waals surface area (Å²) in [6.07, 6.45) is 4.21. The summed E-state index contributed by atoms with van der Waals surface area (Å²) in [5.41, 5.74) is 6.95. The van der Waals surface area contributed by atoms with Crippen molar-refractivity contribution in [1.29, 1.82) is 0 Å². The van der Waals surface area contributed by atoms with E-state index in [0.29, 0.717) is 6.04 Å². The number of nitrogens with two attached hydrogens (primary N) is 1. The maximum Gasteiger partial charge on any atom is 0.205 e. The van der Waals surface area contributed by atoms with Gasteiger partial charge in [0.05, 0.1) is 5.69 Å². The highest BCUT2D eigenvalue weighted by Crippen LogP contribution is 2.17. The molecule has 1 aliphatic heterocycles. The predicted octanol–water partition coefficient (Wildman–Crippen LogP) is 0.656. The first-order chi connectivity index (χ1) is 6.66. The van der Waals surface area contributed by atoms with Gasteiger partial charge in [-0.05, 0) is 19.8 Å². The summed E-state index contributed by atoms with van der Waals surface area (Å²) in [5.74, 6) is 1.08. The fourth-order valence-corrected chi connectivity index (χ4v) is 2.00. The second-order valence-electron chi connectivity index (χ2n) is 4.12. The molecular weight excluding hydrogens is 176 g/mol. The molecule has 4 heteroatoms. The zero-order valence-corrected chi connectivity index (χ0v) is 8.90. The second kappa shape index (κ2) is 3.61. The Morgan fingerprint density at radius 2 is 2.07 bits per heavy atom. The quantitative estimate of drug-likeness (QED) is 0.714. The molecule has 2 rings (SSSR count). The maximum absolute atomic E-state index is 5.86. The molecule has 1 aromatic heterocycles. The Balaban J connectivity index is 2.11. The van der Waals surface area contributed by atoms with E-state index in [0.717, 1.165) is 37.6 Å². The van der Waals surface area contributed by atoms with E-state index in [-0.39, 0.29) is 0 Å². The van der Waals surface area contributed by atoms with Crippen LogP contribution in [0.5, 0.6) is 0 Å². The van der Waals surface area contributed by atoms with E-state index in [1.54, 1.807) is 0 Å². The second-order valence-corrected chi connectivity index (χ2v) is 4.12. The predicted molar refractivity (Wildman–Crippen MR) is 57.4 cm³/mol. The maximum atomic E-state index is 5.86. The molecule has 0 atom stereocenters. The van der Waals surface area contributed by atoms with Crippen molar-refractivity contribution in [2.24, 2.45) is 12.8 Å². The highest BCUT2D eigenvalue weighted by atomic mass is 15.3. The smallest absolute Gasteiger partial charge is 0.205 e. The first-order valence-electron chi connectivity index (χ1n) is 5.17. The van der Waals surface area contributed by atoms with E-state index >= 15 is 0 Å². The molecule has 1 aliphatic rings. The topological polar surface area (TPSA) is 47.1 Å². The summed E-state index contributed by atoms with van der Waals surface area (Å²) < 4.78 is 2.09. The number of anilines is 1. The average Bonchev–Trinajstić information content (AvgIpc) is 2.47. The van der Waals surface area contributed by atoms with Crippen molar-refractivity contribution in [3.63, 3.8) is 0 Å². The third-order valence-corrected chi connectivity index (χ3v) is 2.79. The van der Waals surface area contributed by atoms with Gasteiger partial charge in [0.2, 0.25) is 5.95 Å². The minimum atomic E-state index is 0.382. The molecule has 0 bridgehead atoms. The number of nitrogens with zero attached hydrogens (tertiary/aromatic N) is 3. The molecule has 2 N–H and O–H groups in total. The van der Waals surface area contributed by atoms with Crippen molar-refractivity contribution >= 4 is 5.95 Å². The van der Waals surface area contributed by atoms with Crippen LogP contribution in [0.2, 0.25) is 0 Å². The first kappa shape index (κ1) is 9.52. The highest BCUT2D eigenvalue weighted by molar-refractivity contribution is 5.33. The molecule has 1 fully saturated rings. The molecule has 0 aliphatic carbocycles. The molecule has 1 saturated heterocycles. The normalized spacial score (nSPS) is 18.9. The van der Waals surface area contributed by atoms with Gasteiger partial charge in [-0.3, -0.25) is 0 Å². The molecule has 0 spiro atoms. The van der Waals surface area contributed by atoms with Crippen LogP contribution in [0.3, 0.4) is 0 Å². The van der Waals surface area contributed by atoms with E-state index in [1.165, 1.54) is 0 Å². The van der Waals surface area contributed by atoms with Gasteiger partial charge in [0.25, 0.3) is 0 Å². The van der Waals surface area contributed by atoms with Crippen LogP contribution in [-0.2, 0) is 7.05 Å². The number of aromatic nitrogens is 2. The summed E-state index contributed by atoms with van der Waals surface area (Å²) in [5, 5.41) is 0. The Kier molecular flexibility index (Phi) is 2.46. The van der Waals surface area contributed by atoms with Crippen LogP contribution < -0.4 is 10.6 Å². The molecule has 0 saturated carbocycles. The van der Waals surface area contributed by atoms with Gasteiger partial charge < -0.3 is 15.2 Å². The van der Waals surface area contributed by atoms with Crippen LogP contribution in [0.25, 0.3) is 0 Å². The summed E-state index contributed by atoms with van der Waals surface area (Å²) in [4.78, 5) is 6.82. The van der Waals surface area contributed by atoms with Crippen LogP contribution in [0, 0.1) is 6.92 Å². The molecule has 14 heavy (non-hydrogen) atoms. The number of piperidine rings is 1. The van der Waals surface area contributed by atoms with Crippen molar-refractivity contribution in [3.05, 3.63) is 11.9 Å². The molecule has 2 heterocycles. The molecular formula is C10H18N4. The largest absolute Gasteiger partial charge is 0.342 e. The lowest BCUT2D eigenvalue weighted by atomic mass is 10.1. The van der Waals surface area contributed by atoms with Crippen molar-refractivity contribution in [3.8, 4) is 0 Å². The van der Waals surface area contributed by atoms with E-state index in [9.17, 15) is 0 Å². The summed E-state index contributed by atoms with van der Waals surface area (Å²) in [6, 6.07) is 0.382. The molecule has 0 radical (unpaired) electrons. The molecule has 0 unspecified atom stereocenters. The minimum absolute atomic E-state index is 0.382. The summed E-state index contributed by atoms with van der Waals surface area (Å²) in [7, 11) is 2.05. The van der Waals surface area contributed by atoms with Gasteiger partial charge in [0, 0.05) is 32.4 Å². The van der Waals surface area contributed by atoms with Gasteiger partial charge in [0.1, 0.15) is 0 Å². The lowest BCUT2D eigenvalue weighted by Crippen LogP contribution is -2.40. The van der Waals surface area contributed by atoms with Gasteiger partial charge in [0.15, 0.2) is 0 Å². The van der Waals surface area contributed by atoms with Gasteiger partial charge in [-0.25, -0.2) is 4.98 Å². The first-order valence-corrected chi connectivity index (χ1v) is 5.17. The SMILES string of the molecule is Cc1cn(C)c(N2CCC(N)CC2)n1. The monoisotopic (exact) mass is 194 g/mol. The zero-order valence-electron chi connectivity index (χ0n) is 8.90. The van der Waals surface area contributed by atoms with Gasteiger partial charge in [-0.15, -0.1) is 0 Å². The number of imidazole rings is 1. The fraction of sp³-hybridized carbons (Fsp3) is 0.700. The Bertz CT molecular complexity index is 310. The van der Waals surface area contributed by atoms with Crippen LogP contribution in [0.15, 0.2) is 6.20 Å². The summed E-state index contributed by atoms with van der Waals surface area (Å²) >= 11 is 0. The average molecular weight is 194 g/mol. The zero-order chi connectivity index (χ0) is 10.1. The number of aryl methyl sites for hydroxylation is 2. The Hall–Kier alpha value is -1.03. The molecule has 1 aromatic rings. The van der Waals surface area contributed by atoms with E-state index < -0.39 is 0 Å². The van der Waals surface area contributed by atoms with Crippen LogP contribution >= 0.6 is 0 Å². The van der Waals surface area contributed by atoms with Crippen LogP contribution in [-0.4, -0.2) is 28.7 Å². The number of rotatable bonds is 1. The van der Waals surface area contributed by atoms with E-state index in [1.807, 2.05) is 14.0 Å². The van der Waals surface area contributed by atoms with Crippen molar-refractivity contribution in [1.82, 2.24) is 9.55 Å². The third kappa shape index (κ3) is 1.75. The molecule has 4 nitrogen and oxygen atoms in total. The van der Waals surface area contributed by atoms with E-state index in [2.05, 4.69) is 20.6 Å². The van der Waals surface area contributed by atoms with Crippen LogP contribution in [0.1, 0.15) is 18.5 Å². The Labute approximate surface area is 84.7 Å².